The maximum absolute atomic E-state index is 11.3. The Morgan fingerprint density at radius 3 is 2.71 bits per heavy atom. The molecule has 2 N–H and O–H groups in total. The molecule has 0 unspecified atom stereocenters. The summed E-state index contributed by atoms with van der Waals surface area (Å²) in [5, 5.41) is 10.8. The summed E-state index contributed by atoms with van der Waals surface area (Å²) >= 11 is 0. The van der Waals surface area contributed by atoms with E-state index >= 15 is 0 Å². The van der Waals surface area contributed by atoms with Crippen molar-refractivity contribution in [3.63, 3.8) is 0 Å². The Balaban J connectivity index is 2.70. The fourth-order valence-corrected chi connectivity index (χ4v) is 0.841. The lowest BCUT2D eigenvalue weighted by atomic mass is 10.3. The van der Waals surface area contributed by atoms with Gasteiger partial charge >= 0.3 is 5.97 Å². The molecule has 14 heavy (non-hydrogen) atoms. The smallest absolute Gasteiger partial charge is 0.352 e. The predicted octanol–water partition coefficient (Wildman–Crippen LogP) is 0.998. The molecule has 5 nitrogen and oxygen atoms in total. The Morgan fingerprint density at radius 2 is 2.29 bits per heavy atom. The lowest BCUT2D eigenvalue weighted by molar-refractivity contribution is -0.133. The maximum Gasteiger partial charge on any atom is 0.352 e. The molecule has 0 aliphatic heterocycles. The van der Waals surface area contributed by atoms with Crippen LogP contribution in [0.15, 0.2) is 34.6 Å². The van der Waals surface area contributed by atoms with Crippen LogP contribution in [0.4, 0.5) is 0 Å². The molecule has 1 aromatic heterocycles. The highest BCUT2D eigenvalue weighted by atomic mass is 16.4. The molecule has 0 saturated carbocycles. The van der Waals surface area contributed by atoms with Crippen LogP contribution in [-0.4, -0.2) is 17.0 Å². The van der Waals surface area contributed by atoms with E-state index in [0.717, 1.165) is 0 Å². The van der Waals surface area contributed by atoms with Gasteiger partial charge in [0.25, 0.3) is 5.91 Å². The van der Waals surface area contributed by atoms with Gasteiger partial charge in [0.15, 0.2) is 5.76 Å². The van der Waals surface area contributed by atoms with Crippen molar-refractivity contribution < 1.29 is 19.1 Å². The predicted molar refractivity (Wildman–Crippen MR) is 47.6 cm³/mol. The van der Waals surface area contributed by atoms with Gasteiger partial charge < -0.3 is 14.8 Å². The number of carboxylic acid groups (broad SMARTS) is 1. The van der Waals surface area contributed by atoms with Crippen molar-refractivity contribution in [1.29, 1.82) is 0 Å². The fraction of sp³-hybridized carbons (Fsp3) is 0.111. The summed E-state index contributed by atoms with van der Waals surface area (Å²) < 4.78 is 4.79. The van der Waals surface area contributed by atoms with E-state index in [4.69, 9.17) is 9.52 Å². The van der Waals surface area contributed by atoms with Crippen LogP contribution < -0.4 is 5.32 Å². The van der Waals surface area contributed by atoms with E-state index in [1.165, 1.54) is 25.3 Å². The summed E-state index contributed by atoms with van der Waals surface area (Å²) in [5.41, 5.74) is -0.175. The number of carboxylic acids is 1. The van der Waals surface area contributed by atoms with Crippen LogP contribution in [0.5, 0.6) is 0 Å². The van der Waals surface area contributed by atoms with Gasteiger partial charge in [0, 0.05) is 0 Å². The van der Waals surface area contributed by atoms with E-state index in [9.17, 15) is 9.59 Å². The lowest BCUT2D eigenvalue weighted by Gasteiger charge is -2.01. The van der Waals surface area contributed by atoms with Gasteiger partial charge in [-0.15, -0.1) is 0 Å². The Hall–Kier alpha value is -2.04. The van der Waals surface area contributed by atoms with Gasteiger partial charge in [0.05, 0.1) is 6.26 Å². The SMILES string of the molecule is C/C=C(\NC(=O)c1ccco1)C(=O)O. The molecule has 0 radical (unpaired) electrons. The standard InChI is InChI=1S/C9H9NO4/c1-2-6(9(12)13)10-8(11)7-4-3-5-14-7/h2-5H,1H3,(H,10,11)(H,12,13)/b6-2-. The molecule has 1 rings (SSSR count). The molecule has 5 heteroatoms. The van der Waals surface area contributed by atoms with Crippen LogP contribution in [0.3, 0.4) is 0 Å². The minimum absolute atomic E-state index is 0.0746. The molecule has 0 aliphatic carbocycles. The van der Waals surface area contributed by atoms with Crippen LogP contribution in [-0.2, 0) is 4.79 Å². The van der Waals surface area contributed by atoms with E-state index in [2.05, 4.69) is 5.32 Å². The molecular weight excluding hydrogens is 186 g/mol. The molecule has 1 heterocycles. The van der Waals surface area contributed by atoms with Crippen LogP contribution >= 0.6 is 0 Å². The average Bonchev–Trinajstić information content (AvgIpc) is 2.65. The van der Waals surface area contributed by atoms with Crippen molar-refractivity contribution in [2.24, 2.45) is 0 Å². The van der Waals surface area contributed by atoms with Crippen LogP contribution in [0.2, 0.25) is 0 Å². The summed E-state index contributed by atoms with van der Waals surface area (Å²) in [4.78, 5) is 21.8. The molecule has 1 aromatic rings. The third-order valence-corrected chi connectivity index (χ3v) is 1.51. The minimum atomic E-state index is -1.19. The number of nitrogens with one attached hydrogen (secondary N) is 1. The quantitative estimate of drug-likeness (QED) is 0.705. The summed E-state index contributed by atoms with van der Waals surface area (Å²) in [5.74, 6) is -1.69. The molecular formula is C9H9NO4. The zero-order valence-electron chi connectivity index (χ0n) is 7.48. The summed E-state index contributed by atoms with van der Waals surface area (Å²) in [6, 6.07) is 3.00. The van der Waals surface area contributed by atoms with Crippen LogP contribution in [0, 0.1) is 0 Å². The first kappa shape index (κ1) is 10.0. The van der Waals surface area contributed by atoms with E-state index in [1.807, 2.05) is 0 Å². The largest absolute Gasteiger partial charge is 0.477 e. The van der Waals surface area contributed by atoms with Crippen molar-refractivity contribution in [3.8, 4) is 0 Å². The van der Waals surface area contributed by atoms with Gasteiger partial charge in [-0.05, 0) is 19.1 Å². The van der Waals surface area contributed by atoms with E-state index in [0.29, 0.717) is 0 Å². The number of hydrogen-bond donors (Lipinski definition) is 2. The number of allylic oxidation sites excluding steroid dienone is 1. The number of hydrogen-bond acceptors (Lipinski definition) is 3. The number of carbonyl (C=O) groups excluding carboxylic acids is 1. The Kier molecular flexibility index (Phi) is 3.06. The second kappa shape index (κ2) is 4.27. The van der Waals surface area contributed by atoms with Crippen molar-refractivity contribution in [2.45, 2.75) is 6.92 Å². The number of carbonyl (C=O) groups is 2. The van der Waals surface area contributed by atoms with E-state index in [-0.39, 0.29) is 11.5 Å². The van der Waals surface area contributed by atoms with Gasteiger partial charge in [-0.3, -0.25) is 4.79 Å². The van der Waals surface area contributed by atoms with Crippen molar-refractivity contribution in [2.75, 3.05) is 0 Å². The second-order valence-electron chi connectivity index (χ2n) is 2.44. The Labute approximate surface area is 80.0 Å². The van der Waals surface area contributed by atoms with Gasteiger partial charge in [0.1, 0.15) is 5.70 Å². The number of furan rings is 1. The van der Waals surface area contributed by atoms with Crippen LogP contribution in [0.1, 0.15) is 17.5 Å². The molecule has 0 aromatic carbocycles. The normalized spacial score (nSPS) is 11.1. The number of amides is 1. The van der Waals surface area contributed by atoms with Gasteiger partial charge in [-0.25, -0.2) is 4.79 Å². The number of aliphatic carboxylic acids is 1. The summed E-state index contributed by atoms with van der Waals surface area (Å²) in [6.07, 6.45) is 2.63. The molecule has 74 valence electrons. The Morgan fingerprint density at radius 1 is 1.57 bits per heavy atom. The summed E-state index contributed by atoms with van der Waals surface area (Å²) in [6.45, 7) is 1.52. The molecule has 0 spiro atoms. The molecule has 0 bridgehead atoms. The van der Waals surface area contributed by atoms with Gasteiger partial charge in [-0.1, -0.05) is 6.08 Å². The van der Waals surface area contributed by atoms with Crippen molar-refractivity contribution >= 4 is 11.9 Å². The van der Waals surface area contributed by atoms with Crippen molar-refractivity contribution in [3.05, 3.63) is 35.9 Å². The fourth-order valence-electron chi connectivity index (χ4n) is 0.841. The minimum Gasteiger partial charge on any atom is -0.477 e. The van der Waals surface area contributed by atoms with E-state index < -0.39 is 11.9 Å². The topological polar surface area (TPSA) is 79.5 Å². The highest BCUT2D eigenvalue weighted by molar-refractivity contribution is 5.98. The molecule has 0 fully saturated rings. The molecule has 0 aliphatic rings. The molecule has 0 atom stereocenters. The maximum atomic E-state index is 11.3. The number of rotatable bonds is 3. The lowest BCUT2D eigenvalue weighted by Crippen LogP contribution is -2.26. The average molecular weight is 195 g/mol. The van der Waals surface area contributed by atoms with Crippen LogP contribution in [0.25, 0.3) is 0 Å². The first-order valence-electron chi connectivity index (χ1n) is 3.89. The second-order valence-corrected chi connectivity index (χ2v) is 2.44. The third kappa shape index (κ3) is 2.22. The zero-order valence-corrected chi connectivity index (χ0v) is 7.48. The van der Waals surface area contributed by atoms with E-state index in [1.54, 1.807) is 6.07 Å². The highest BCUT2D eigenvalue weighted by Crippen LogP contribution is 2.01. The molecule has 0 saturated heterocycles. The monoisotopic (exact) mass is 195 g/mol. The zero-order chi connectivity index (χ0) is 10.6. The highest BCUT2D eigenvalue weighted by Gasteiger charge is 2.13. The van der Waals surface area contributed by atoms with Crippen molar-refractivity contribution in [1.82, 2.24) is 5.32 Å². The van der Waals surface area contributed by atoms with Gasteiger partial charge in [0.2, 0.25) is 0 Å². The Bertz CT molecular complexity index is 364. The first-order chi connectivity index (χ1) is 6.65. The molecule has 1 amide bonds. The summed E-state index contributed by atoms with van der Waals surface area (Å²) in [7, 11) is 0. The third-order valence-electron chi connectivity index (χ3n) is 1.51. The first-order valence-corrected chi connectivity index (χ1v) is 3.89. The van der Waals surface area contributed by atoms with Gasteiger partial charge in [-0.2, -0.15) is 0 Å².